The van der Waals surface area contributed by atoms with Crippen LogP contribution in [0.5, 0.6) is 0 Å². The van der Waals surface area contributed by atoms with Crippen LogP contribution in [-0.2, 0) is 16.6 Å². The number of halogens is 1. The van der Waals surface area contributed by atoms with Crippen molar-refractivity contribution in [2.45, 2.75) is 32.3 Å². The standard InChI is InChI=1S/C13H20FNO3S/c1-9(2)10(3)7-15-19(17,18)13-5-4-11(8-16)6-12(13)14/h4-6,9-10,15-16H,7-8H2,1-3H3. The highest BCUT2D eigenvalue weighted by molar-refractivity contribution is 7.89. The normalized spacial score (nSPS) is 13.8. The smallest absolute Gasteiger partial charge is 0.243 e. The first-order valence-electron chi connectivity index (χ1n) is 6.17. The minimum atomic E-state index is -3.85. The fourth-order valence-electron chi connectivity index (χ4n) is 1.42. The molecule has 1 atom stereocenters. The molecule has 0 aliphatic carbocycles. The molecule has 0 radical (unpaired) electrons. The quantitative estimate of drug-likeness (QED) is 0.840. The van der Waals surface area contributed by atoms with Gasteiger partial charge in [0, 0.05) is 6.54 Å². The summed E-state index contributed by atoms with van der Waals surface area (Å²) in [6.45, 7) is 5.86. The molecule has 0 saturated heterocycles. The molecule has 0 fully saturated rings. The van der Waals surface area contributed by atoms with E-state index >= 15 is 0 Å². The predicted molar refractivity (Wildman–Crippen MR) is 71.5 cm³/mol. The summed E-state index contributed by atoms with van der Waals surface area (Å²) in [6.07, 6.45) is 0. The number of hydrogen-bond acceptors (Lipinski definition) is 3. The fourth-order valence-corrected chi connectivity index (χ4v) is 2.62. The van der Waals surface area contributed by atoms with E-state index in [9.17, 15) is 12.8 Å². The number of aliphatic hydroxyl groups excluding tert-OH is 1. The Labute approximate surface area is 113 Å². The van der Waals surface area contributed by atoms with Crippen molar-refractivity contribution in [1.29, 1.82) is 0 Å². The van der Waals surface area contributed by atoms with Gasteiger partial charge in [0.2, 0.25) is 10.0 Å². The third-order valence-corrected chi connectivity index (χ3v) is 4.66. The molecule has 108 valence electrons. The maximum Gasteiger partial charge on any atom is 0.243 e. The number of hydrogen-bond donors (Lipinski definition) is 2. The summed E-state index contributed by atoms with van der Waals surface area (Å²) < 4.78 is 40.0. The van der Waals surface area contributed by atoms with Crippen molar-refractivity contribution in [1.82, 2.24) is 4.72 Å². The molecular weight excluding hydrogens is 269 g/mol. The summed E-state index contributed by atoms with van der Waals surface area (Å²) in [4.78, 5) is -0.388. The van der Waals surface area contributed by atoms with Crippen molar-refractivity contribution in [3.05, 3.63) is 29.6 Å². The highest BCUT2D eigenvalue weighted by Crippen LogP contribution is 2.17. The molecular formula is C13H20FNO3S. The van der Waals surface area contributed by atoms with Gasteiger partial charge in [-0.05, 0) is 29.5 Å². The van der Waals surface area contributed by atoms with Crippen LogP contribution in [0.2, 0.25) is 0 Å². The van der Waals surface area contributed by atoms with Gasteiger partial charge in [0.05, 0.1) is 6.61 Å². The van der Waals surface area contributed by atoms with Gasteiger partial charge in [-0.1, -0.05) is 26.8 Å². The third kappa shape index (κ3) is 4.26. The summed E-state index contributed by atoms with van der Waals surface area (Å²) in [6, 6.07) is 3.59. The number of aliphatic hydroxyl groups is 1. The first kappa shape index (κ1) is 16.1. The van der Waals surface area contributed by atoms with Gasteiger partial charge in [-0.2, -0.15) is 0 Å². The van der Waals surface area contributed by atoms with Gasteiger partial charge in [-0.25, -0.2) is 17.5 Å². The van der Waals surface area contributed by atoms with E-state index in [1.807, 2.05) is 20.8 Å². The van der Waals surface area contributed by atoms with Gasteiger partial charge in [-0.3, -0.25) is 0 Å². The SMILES string of the molecule is CC(C)C(C)CNS(=O)(=O)c1ccc(CO)cc1F. The minimum absolute atomic E-state index is 0.162. The lowest BCUT2D eigenvalue weighted by Gasteiger charge is -2.16. The molecule has 1 aromatic carbocycles. The highest BCUT2D eigenvalue weighted by atomic mass is 32.2. The fraction of sp³-hybridized carbons (Fsp3) is 0.538. The summed E-state index contributed by atoms with van der Waals surface area (Å²) in [5, 5.41) is 8.86. The Bertz CT molecular complexity index is 529. The third-order valence-electron chi connectivity index (χ3n) is 3.20. The van der Waals surface area contributed by atoms with Gasteiger partial charge >= 0.3 is 0 Å². The largest absolute Gasteiger partial charge is 0.392 e. The Morgan fingerprint density at radius 3 is 2.42 bits per heavy atom. The number of sulfonamides is 1. The second-order valence-electron chi connectivity index (χ2n) is 5.00. The Balaban J connectivity index is 2.89. The molecule has 6 heteroatoms. The number of rotatable bonds is 6. The lowest BCUT2D eigenvalue weighted by molar-refractivity contribution is 0.281. The summed E-state index contributed by atoms with van der Waals surface area (Å²) in [5.74, 6) is -0.352. The lowest BCUT2D eigenvalue weighted by atomic mass is 9.99. The molecule has 0 bridgehead atoms. The van der Waals surface area contributed by atoms with E-state index in [1.54, 1.807) is 0 Å². The van der Waals surface area contributed by atoms with E-state index in [2.05, 4.69) is 4.72 Å². The van der Waals surface area contributed by atoms with Crippen LogP contribution in [0.4, 0.5) is 4.39 Å². The van der Waals surface area contributed by atoms with E-state index in [1.165, 1.54) is 12.1 Å². The van der Waals surface area contributed by atoms with Crippen molar-refractivity contribution in [2.24, 2.45) is 11.8 Å². The first-order valence-corrected chi connectivity index (χ1v) is 7.65. The molecule has 0 saturated carbocycles. The molecule has 0 amide bonds. The lowest BCUT2D eigenvalue weighted by Crippen LogP contribution is -2.30. The van der Waals surface area contributed by atoms with Crippen LogP contribution in [0.25, 0.3) is 0 Å². The molecule has 0 aliphatic heterocycles. The van der Waals surface area contributed by atoms with Crippen LogP contribution in [0, 0.1) is 17.7 Å². The second-order valence-corrected chi connectivity index (χ2v) is 6.73. The Morgan fingerprint density at radius 1 is 1.32 bits per heavy atom. The molecule has 0 aliphatic rings. The molecule has 0 heterocycles. The Morgan fingerprint density at radius 2 is 1.95 bits per heavy atom. The minimum Gasteiger partial charge on any atom is -0.392 e. The Hall–Kier alpha value is -0.980. The molecule has 1 unspecified atom stereocenters. The monoisotopic (exact) mass is 289 g/mol. The van der Waals surface area contributed by atoms with Gasteiger partial charge in [0.15, 0.2) is 0 Å². The van der Waals surface area contributed by atoms with Crippen molar-refractivity contribution in [3.8, 4) is 0 Å². The summed E-state index contributed by atoms with van der Waals surface area (Å²) >= 11 is 0. The number of nitrogens with one attached hydrogen (secondary N) is 1. The van der Waals surface area contributed by atoms with Gasteiger partial charge in [0.1, 0.15) is 10.7 Å². The molecule has 1 aromatic rings. The molecule has 19 heavy (non-hydrogen) atoms. The van der Waals surface area contributed by atoms with E-state index in [-0.39, 0.29) is 24.0 Å². The van der Waals surface area contributed by atoms with Crippen LogP contribution in [0.1, 0.15) is 26.3 Å². The Kier molecular flexibility index (Phi) is 5.46. The summed E-state index contributed by atoms with van der Waals surface area (Å²) in [7, 11) is -3.85. The highest BCUT2D eigenvalue weighted by Gasteiger charge is 2.20. The van der Waals surface area contributed by atoms with E-state index in [0.29, 0.717) is 11.5 Å². The zero-order chi connectivity index (χ0) is 14.6. The second kappa shape index (κ2) is 6.45. The maximum absolute atomic E-state index is 13.7. The molecule has 0 spiro atoms. The van der Waals surface area contributed by atoms with Crippen LogP contribution < -0.4 is 4.72 Å². The average molecular weight is 289 g/mol. The first-order chi connectivity index (χ1) is 8.77. The molecule has 0 aromatic heterocycles. The maximum atomic E-state index is 13.7. The average Bonchev–Trinajstić information content (AvgIpc) is 2.35. The van der Waals surface area contributed by atoms with Gasteiger partial charge in [-0.15, -0.1) is 0 Å². The molecule has 4 nitrogen and oxygen atoms in total. The molecule has 2 N–H and O–H groups in total. The van der Waals surface area contributed by atoms with E-state index in [0.717, 1.165) is 6.07 Å². The zero-order valence-corrected chi connectivity index (χ0v) is 12.2. The zero-order valence-electron chi connectivity index (χ0n) is 11.4. The van der Waals surface area contributed by atoms with Crippen LogP contribution >= 0.6 is 0 Å². The topological polar surface area (TPSA) is 66.4 Å². The van der Waals surface area contributed by atoms with Gasteiger partial charge < -0.3 is 5.11 Å². The van der Waals surface area contributed by atoms with Crippen LogP contribution in [0.15, 0.2) is 23.1 Å². The van der Waals surface area contributed by atoms with Crippen molar-refractivity contribution < 1.29 is 17.9 Å². The van der Waals surface area contributed by atoms with Crippen molar-refractivity contribution in [2.75, 3.05) is 6.54 Å². The van der Waals surface area contributed by atoms with Crippen molar-refractivity contribution >= 4 is 10.0 Å². The van der Waals surface area contributed by atoms with Gasteiger partial charge in [0.25, 0.3) is 0 Å². The van der Waals surface area contributed by atoms with E-state index < -0.39 is 15.8 Å². The number of benzene rings is 1. The van der Waals surface area contributed by atoms with Crippen LogP contribution in [0.3, 0.4) is 0 Å². The summed E-state index contributed by atoms with van der Waals surface area (Å²) in [5.41, 5.74) is 0.340. The predicted octanol–water partition coefficient (Wildman–Crippen LogP) is 1.89. The van der Waals surface area contributed by atoms with Crippen molar-refractivity contribution in [3.63, 3.8) is 0 Å². The van der Waals surface area contributed by atoms with E-state index in [4.69, 9.17) is 5.11 Å². The molecule has 1 rings (SSSR count). The van der Waals surface area contributed by atoms with Crippen LogP contribution in [-0.4, -0.2) is 20.1 Å².